The van der Waals surface area contributed by atoms with E-state index in [0.29, 0.717) is 13.0 Å². The van der Waals surface area contributed by atoms with Gasteiger partial charge in [0.1, 0.15) is 23.8 Å². The number of amides is 2. The molecule has 190 valence electrons. The molecule has 0 saturated carbocycles. The second-order valence-electron chi connectivity index (χ2n) is 9.17. The van der Waals surface area contributed by atoms with Crippen LogP contribution >= 0.6 is 0 Å². The number of hydrogen-bond acceptors (Lipinski definition) is 4. The van der Waals surface area contributed by atoms with Gasteiger partial charge >= 0.3 is 0 Å². The van der Waals surface area contributed by atoms with Crippen LogP contribution in [0.15, 0.2) is 71.7 Å². The van der Waals surface area contributed by atoms with Crippen molar-refractivity contribution in [2.75, 3.05) is 6.54 Å². The number of nitrogens with one attached hydrogen (secondary N) is 1. The van der Waals surface area contributed by atoms with Crippen LogP contribution in [0.5, 0.6) is 5.75 Å². The molecular formula is C28H25F2N3O4. The molecule has 2 aliphatic heterocycles. The van der Waals surface area contributed by atoms with Crippen molar-refractivity contribution in [3.63, 3.8) is 0 Å². The fraction of sp³-hybridized carbons (Fsp3) is 0.250. The summed E-state index contributed by atoms with van der Waals surface area (Å²) in [6.45, 7) is 2.11. The lowest BCUT2D eigenvalue weighted by Gasteiger charge is -2.37. The van der Waals surface area contributed by atoms with Crippen LogP contribution in [0, 0.1) is 11.6 Å². The molecule has 2 aromatic carbocycles. The highest BCUT2D eigenvalue weighted by Crippen LogP contribution is 2.32. The zero-order valence-corrected chi connectivity index (χ0v) is 20.1. The molecule has 37 heavy (non-hydrogen) atoms. The van der Waals surface area contributed by atoms with E-state index in [1.54, 1.807) is 9.47 Å². The number of aromatic nitrogens is 1. The third-order valence-electron chi connectivity index (χ3n) is 6.70. The van der Waals surface area contributed by atoms with E-state index >= 15 is 0 Å². The highest BCUT2D eigenvalue weighted by atomic mass is 19.1. The van der Waals surface area contributed by atoms with E-state index in [1.807, 2.05) is 49.4 Å². The van der Waals surface area contributed by atoms with Gasteiger partial charge in [0.2, 0.25) is 5.43 Å². The number of pyridine rings is 1. The minimum atomic E-state index is -0.806. The fourth-order valence-electron chi connectivity index (χ4n) is 4.68. The summed E-state index contributed by atoms with van der Waals surface area (Å²) in [5.41, 5.74) is 0.0131. The molecule has 0 aliphatic carbocycles. The number of rotatable bonds is 6. The van der Waals surface area contributed by atoms with Crippen LogP contribution in [0.25, 0.3) is 0 Å². The number of hydrogen-bond donors (Lipinski definition) is 1. The second-order valence-corrected chi connectivity index (χ2v) is 9.17. The normalized spacial score (nSPS) is 18.2. The number of halogens is 2. The van der Waals surface area contributed by atoms with E-state index in [-0.39, 0.29) is 53.7 Å². The molecule has 2 amide bonds. The minimum absolute atomic E-state index is 0.0285. The van der Waals surface area contributed by atoms with Crippen LogP contribution in [-0.2, 0) is 13.2 Å². The lowest BCUT2D eigenvalue weighted by Crippen LogP contribution is -2.47. The summed E-state index contributed by atoms with van der Waals surface area (Å²) in [4.78, 5) is 41.9. The van der Waals surface area contributed by atoms with Gasteiger partial charge in [-0.3, -0.25) is 14.4 Å². The lowest BCUT2D eigenvalue weighted by molar-refractivity contribution is 0.0626. The number of carbonyl (C=O) groups is 2. The molecule has 0 unspecified atom stereocenters. The van der Waals surface area contributed by atoms with Crippen LogP contribution < -0.4 is 15.5 Å². The summed E-state index contributed by atoms with van der Waals surface area (Å²) in [5.74, 6) is -2.83. The smallest absolute Gasteiger partial charge is 0.275 e. The van der Waals surface area contributed by atoms with Crippen LogP contribution in [0.2, 0.25) is 0 Å². The van der Waals surface area contributed by atoms with E-state index in [2.05, 4.69) is 5.32 Å². The molecule has 9 heteroatoms. The predicted octanol–water partition coefficient (Wildman–Crippen LogP) is 3.98. The molecule has 5 rings (SSSR count). The molecule has 2 aliphatic rings. The molecule has 3 heterocycles. The van der Waals surface area contributed by atoms with Crippen molar-refractivity contribution in [3.8, 4) is 5.75 Å². The van der Waals surface area contributed by atoms with Gasteiger partial charge in [0.15, 0.2) is 11.4 Å². The van der Waals surface area contributed by atoms with Gasteiger partial charge in [-0.05, 0) is 25.0 Å². The summed E-state index contributed by atoms with van der Waals surface area (Å²) < 4.78 is 34.9. The maximum absolute atomic E-state index is 14.1. The topological polar surface area (TPSA) is 80.6 Å². The van der Waals surface area contributed by atoms with Crippen molar-refractivity contribution in [2.24, 2.45) is 0 Å². The van der Waals surface area contributed by atoms with Gasteiger partial charge in [-0.2, -0.15) is 0 Å². The van der Waals surface area contributed by atoms with E-state index in [4.69, 9.17) is 4.74 Å². The molecule has 0 saturated heterocycles. The van der Waals surface area contributed by atoms with Gasteiger partial charge in [0, 0.05) is 37.0 Å². The zero-order chi connectivity index (χ0) is 26.1. The Balaban J connectivity index is 1.54. The number of ether oxygens (including phenoxy) is 1. The van der Waals surface area contributed by atoms with Crippen molar-refractivity contribution in [2.45, 2.75) is 38.6 Å². The first-order chi connectivity index (χ1) is 17.8. The summed E-state index contributed by atoms with van der Waals surface area (Å²) in [6.07, 6.45) is 5.91. The zero-order valence-electron chi connectivity index (χ0n) is 20.1. The first-order valence-electron chi connectivity index (χ1n) is 12.0. The molecule has 7 nitrogen and oxygen atoms in total. The Hall–Kier alpha value is -4.27. The molecule has 2 bridgehead atoms. The Morgan fingerprint density at radius 3 is 2.68 bits per heavy atom. The molecule has 2 atom stereocenters. The van der Waals surface area contributed by atoms with Crippen molar-refractivity contribution in [1.29, 1.82) is 0 Å². The van der Waals surface area contributed by atoms with Gasteiger partial charge in [0.05, 0.1) is 6.04 Å². The molecular weight excluding hydrogens is 480 g/mol. The van der Waals surface area contributed by atoms with Crippen molar-refractivity contribution >= 4 is 11.8 Å². The molecule has 0 fully saturated rings. The largest absolute Gasteiger partial charge is 0.483 e. The van der Waals surface area contributed by atoms with E-state index in [9.17, 15) is 23.2 Å². The molecule has 0 spiro atoms. The van der Waals surface area contributed by atoms with E-state index in [0.717, 1.165) is 17.7 Å². The van der Waals surface area contributed by atoms with Gasteiger partial charge in [-0.25, -0.2) is 8.78 Å². The maximum atomic E-state index is 14.1. The predicted molar refractivity (Wildman–Crippen MR) is 132 cm³/mol. The van der Waals surface area contributed by atoms with E-state index in [1.165, 1.54) is 12.3 Å². The van der Waals surface area contributed by atoms with Gasteiger partial charge in [0.25, 0.3) is 11.8 Å². The maximum Gasteiger partial charge on any atom is 0.275 e. The minimum Gasteiger partial charge on any atom is -0.483 e. The Morgan fingerprint density at radius 1 is 1.14 bits per heavy atom. The quantitative estimate of drug-likeness (QED) is 0.514. The Morgan fingerprint density at radius 2 is 1.92 bits per heavy atom. The number of nitrogens with zero attached hydrogens (tertiary/aromatic N) is 2. The third kappa shape index (κ3) is 4.76. The van der Waals surface area contributed by atoms with Gasteiger partial charge in [-0.1, -0.05) is 48.6 Å². The standard InChI is InChI=1S/C28H25F2N3O4/c1-17-6-5-9-21-14-32(17)28(36)24-26(37-16-18-7-3-2-4-8-18)25(34)22(15-33(21)24)27(35)31-13-19-10-11-20(29)12-23(19)30/h2-8,10-12,15,17,21H,9,13-14,16H2,1H3,(H,31,35)/t17-,21-/m0/s1. The number of carbonyl (C=O) groups excluding carboxylic acids is 2. The molecule has 3 aromatic rings. The Labute approximate surface area is 212 Å². The highest BCUT2D eigenvalue weighted by molar-refractivity contribution is 5.99. The lowest BCUT2D eigenvalue weighted by atomic mass is 10.1. The summed E-state index contributed by atoms with van der Waals surface area (Å²) in [7, 11) is 0. The first kappa shape index (κ1) is 24.4. The summed E-state index contributed by atoms with van der Waals surface area (Å²) in [6, 6.07) is 11.9. The SMILES string of the molecule is C[C@H]1C=CC[C@H]2CN1C(=O)c1c(OCc3ccccc3)c(=O)c(C(=O)NCc3ccc(F)cc3F)cn12. The summed E-state index contributed by atoms with van der Waals surface area (Å²) >= 11 is 0. The summed E-state index contributed by atoms with van der Waals surface area (Å²) in [5, 5.41) is 2.53. The fourth-order valence-corrected chi connectivity index (χ4v) is 4.68. The highest BCUT2D eigenvalue weighted by Gasteiger charge is 2.38. The second kappa shape index (κ2) is 10.0. The van der Waals surface area contributed by atoms with Crippen LogP contribution in [0.3, 0.4) is 0 Å². The average Bonchev–Trinajstić information content (AvgIpc) is 3.06. The molecule has 0 radical (unpaired) electrons. The molecule has 1 N–H and O–H groups in total. The number of benzene rings is 2. The third-order valence-corrected chi connectivity index (χ3v) is 6.70. The van der Waals surface area contributed by atoms with Crippen LogP contribution in [-0.4, -0.2) is 33.9 Å². The first-order valence-corrected chi connectivity index (χ1v) is 12.0. The van der Waals surface area contributed by atoms with Crippen molar-refractivity contribution in [1.82, 2.24) is 14.8 Å². The Kier molecular flexibility index (Phi) is 6.60. The van der Waals surface area contributed by atoms with Crippen LogP contribution in [0.4, 0.5) is 8.78 Å². The average molecular weight is 506 g/mol. The van der Waals surface area contributed by atoms with Crippen molar-refractivity contribution < 1.29 is 23.1 Å². The van der Waals surface area contributed by atoms with Crippen LogP contribution in [0.1, 0.15) is 51.4 Å². The number of allylic oxidation sites excluding steroid dienone is 1. The van der Waals surface area contributed by atoms with Gasteiger partial charge < -0.3 is 19.5 Å². The number of fused-ring (bicyclic) bond motifs is 4. The molecule has 1 aromatic heterocycles. The van der Waals surface area contributed by atoms with E-state index < -0.39 is 23.0 Å². The van der Waals surface area contributed by atoms with Gasteiger partial charge in [-0.15, -0.1) is 0 Å². The monoisotopic (exact) mass is 505 g/mol. The van der Waals surface area contributed by atoms with Crippen molar-refractivity contribution in [3.05, 3.63) is 111 Å². The Bertz CT molecular complexity index is 1450.